The summed E-state index contributed by atoms with van der Waals surface area (Å²) in [6.45, 7) is 8.69. The van der Waals surface area contributed by atoms with Crippen LogP contribution in [0.4, 0.5) is 0 Å². The molecule has 71 valence electrons. The van der Waals surface area contributed by atoms with E-state index in [-0.39, 0.29) is 6.61 Å². The summed E-state index contributed by atoms with van der Waals surface area (Å²) < 4.78 is 4.75. The van der Waals surface area contributed by atoms with Crippen molar-refractivity contribution in [3.63, 3.8) is 0 Å². The molecule has 0 rings (SSSR count). The van der Waals surface area contributed by atoms with Crippen LogP contribution in [0.2, 0.25) is 0 Å². The Hall–Kier alpha value is -1.41. The molecule has 4 nitrogen and oxygen atoms in total. The molecule has 0 aliphatic carbocycles. The Labute approximate surface area is 77.3 Å². The zero-order valence-corrected chi connectivity index (χ0v) is 7.58. The molecule has 4 heteroatoms. The maximum Gasteiger partial charge on any atom is 0.333 e. The molecule has 0 aliphatic rings. The highest BCUT2D eigenvalue weighted by Crippen LogP contribution is 1.98. The monoisotopic (exact) mass is 182 g/mol. The van der Waals surface area contributed by atoms with E-state index in [2.05, 4.69) is 18.5 Å². The summed E-state index contributed by atoms with van der Waals surface area (Å²) in [4.78, 5) is 23.9. The van der Waals surface area contributed by atoms with Crippen LogP contribution in [0, 0.1) is 6.92 Å². The molecule has 0 bridgehead atoms. The summed E-state index contributed by atoms with van der Waals surface area (Å²) in [6.07, 6.45) is 1.79. The zero-order chi connectivity index (χ0) is 10.3. The number of ether oxygens (including phenoxy) is 1. The Morgan fingerprint density at radius 3 is 2.77 bits per heavy atom. The zero-order valence-electron chi connectivity index (χ0n) is 7.58. The van der Waals surface area contributed by atoms with Crippen LogP contribution in [0.3, 0.4) is 0 Å². The van der Waals surface area contributed by atoms with Crippen molar-refractivity contribution >= 4 is 12.0 Å². The van der Waals surface area contributed by atoms with Gasteiger partial charge in [-0.2, -0.15) is 0 Å². The Morgan fingerprint density at radius 1 is 1.69 bits per heavy atom. The number of isocyanates is 1. The van der Waals surface area contributed by atoms with Crippen molar-refractivity contribution in [2.75, 3.05) is 6.61 Å². The molecule has 0 aromatic heterocycles. The summed E-state index contributed by atoms with van der Waals surface area (Å²) in [5.41, 5.74) is 0.347. The molecule has 0 saturated carbocycles. The minimum absolute atomic E-state index is 0.186. The third kappa shape index (κ3) is 5.82. The van der Waals surface area contributed by atoms with E-state index in [0.717, 1.165) is 0 Å². The number of carbonyl (C=O) groups is 1. The number of hydrogen-bond acceptors (Lipinski definition) is 4. The predicted octanol–water partition coefficient (Wildman–Crippen LogP) is 1.03. The van der Waals surface area contributed by atoms with Gasteiger partial charge in [-0.15, -0.1) is 0 Å². The second-order valence-electron chi connectivity index (χ2n) is 2.58. The second kappa shape index (κ2) is 6.14. The van der Waals surface area contributed by atoms with E-state index in [1.165, 1.54) is 6.08 Å². The van der Waals surface area contributed by atoms with Crippen molar-refractivity contribution in [3.8, 4) is 0 Å². The number of carbonyl (C=O) groups excluding carboxylic acids is 2. The van der Waals surface area contributed by atoms with Gasteiger partial charge >= 0.3 is 5.97 Å². The smallest absolute Gasteiger partial charge is 0.333 e. The number of nitrogens with zero attached hydrogens (tertiary/aromatic N) is 1. The van der Waals surface area contributed by atoms with E-state index in [1.807, 2.05) is 0 Å². The predicted molar refractivity (Wildman–Crippen MR) is 47.7 cm³/mol. The van der Waals surface area contributed by atoms with Crippen molar-refractivity contribution in [2.45, 2.75) is 19.4 Å². The molecule has 1 atom stereocenters. The highest BCUT2D eigenvalue weighted by molar-refractivity contribution is 5.86. The van der Waals surface area contributed by atoms with E-state index in [9.17, 15) is 9.59 Å². The lowest BCUT2D eigenvalue weighted by Gasteiger charge is -2.05. The average molecular weight is 182 g/mol. The van der Waals surface area contributed by atoms with Gasteiger partial charge in [-0.05, 0) is 13.8 Å². The molecule has 0 heterocycles. The quantitative estimate of drug-likeness (QED) is 0.276. The first-order valence-electron chi connectivity index (χ1n) is 3.80. The van der Waals surface area contributed by atoms with Gasteiger partial charge in [0.05, 0.1) is 12.6 Å². The van der Waals surface area contributed by atoms with Crippen molar-refractivity contribution in [1.82, 2.24) is 0 Å². The topological polar surface area (TPSA) is 55.7 Å². The lowest BCUT2D eigenvalue weighted by Crippen LogP contribution is -2.10. The van der Waals surface area contributed by atoms with E-state index in [0.29, 0.717) is 12.0 Å². The Balaban J connectivity index is 3.62. The highest BCUT2D eigenvalue weighted by atomic mass is 16.5. The van der Waals surface area contributed by atoms with Gasteiger partial charge in [-0.1, -0.05) is 6.58 Å². The van der Waals surface area contributed by atoms with Gasteiger partial charge in [-0.3, -0.25) is 0 Å². The summed E-state index contributed by atoms with van der Waals surface area (Å²) in [5, 5.41) is 0. The molecule has 0 aliphatic heterocycles. The van der Waals surface area contributed by atoms with Gasteiger partial charge in [0.2, 0.25) is 6.08 Å². The fourth-order valence-electron chi connectivity index (χ4n) is 0.550. The minimum atomic E-state index is -0.442. The largest absolute Gasteiger partial charge is 0.462 e. The number of esters is 1. The Morgan fingerprint density at radius 2 is 2.31 bits per heavy atom. The van der Waals surface area contributed by atoms with Crippen molar-refractivity contribution in [1.29, 1.82) is 0 Å². The Bertz CT molecular complexity index is 241. The third-order valence-corrected chi connectivity index (χ3v) is 1.27. The van der Waals surface area contributed by atoms with Crippen molar-refractivity contribution in [3.05, 3.63) is 19.1 Å². The highest BCUT2D eigenvalue weighted by Gasteiger charge is 2.04. The van der Waals surface area contributed by atoms with Crippen molar-refractivity contribution in [2.24, 2.45) is 4.99 Å². The first kappa shape index (κ1) is 11.6. The Kier molecular flexibility index (Phi) is 5.48. The maximum atomic E-state index is 10.8. The maximum absolute atomic E-state index is 10.8. The molecule has 1 unspecified atom stereocenters. The number of aliphatic imine (C=N–C) groups is 1. The molecule has 0 spiro atoms. The van der Waals surface area contributed by atoms with E-state index >= 15 is 0 Å². The minimum Gasteiger partial charge on any atom is -0.462 e. The molecule has 1 radical (unpaired) electrons. The molecular formula is C9H12NO3. The van der Waals surface area contributed by atoms with Gasteiger partial charge in [0.25, 0.3) is 0 Å². The molecule has 0 aromatic rings. The fraction of sp³-hybridized carbons (Fsp3) is 0.444. The van der Waals surface area contributed by atoms with Crippen LogP contribution >= 0.6 is 0 Å². The first-order chi connectivity index (χ1) is 6.07. The fourth-order valence-corrected chi connectivity index (χ4v) is 0.550. The molecule has 0 saturated heterocycles. The molecule has 0 aromatic carbocycles. The number of hydrogen-bond donors (Lipinski definition) is 0. The lowest BCUT2D eigenvalue weighted by molar-refractivity contribution is -0.139. The van der Waals surface area contributed by atoms with Crippen LogP contribution in [0.25, 0.3) is 0 Å². The van der Waals surface area contributed by atoms with Crippen molar-refractivity contribution < 1.29 is 14.3 Å². The van der Waals surface area contributed by atoms with Crippen LogP contribution in [-0.2, 0) is 14.3 Å². The van der Waals surface area contributed by atoms with Crippen LogP contribution in [-0.4, -0.2) is 24.7 Å². The summed E-state index contributed by atoms with van der Waals surface area (Å²) in [6, 6.07) is -0.407. The molecule has 0 fully saturated rings. The van der Waals surface area contributed by atoms with Gasteiger partial charge < -0.3 is 4.74 Å². The average Bonchev–Trinajstić information content (AvgIpc) is 2.04. The van der Waals surface area contributed by atoms with Gasteiger partial charge in [0, 0.05) is 12.0 Å². The SMILES string of the molecule is [CH2]C(CCOC(=O)C(=C)C)N=C=O. The molecule has 0 N–H and O–H groups in total. The van der Waals surface area contributed by atoms with E-state index < -0.39 is 12.0 Å². The normalized spacial score (nSPS) is 11.2. The van der Waals surface area contributed by atoms with Crippen LogP contribution in [0.5, 0.6) is 0 Å². The van der Waals surface area contributed by atoms with Gasteiger partial charge in [0.1, 0.15) is 0 Å². The first-order valence-corrected chi connectivity index (χ1v) is 3.80. The van der Waals surface area contributed by atoms with Crippen LogP contribution in [0.15, 0.2) is 17.1 Å². The summed E-state index contributed by atoms with van der Waals surface area (Å²) in [7, 11) is 0. The summed E-state index contributed by atoms with van der Waals surface area (Å²) >= 11 is 0. The second-order valence-corrected chi connectivity index (χ2v) is 2.58. The molecular weight excluding hydrogens is 170 g/mol. The van der Waals surface area contributed by atoms with E-state index in [1.54, 1.807) is 6.92 Å². The number of rotatable bonds is 5. The van der Waals surface area contributed by atoms with E-state index in [4.69, 9.17) is 4.74 Å². The van der Waals surface area contributed by atoms with Gasteiger partial charge in [0.15, 0.2) is 0 Å². The lowest BCUT2D eigenvalue weighted by atomic mass is 10.2. The third-order valence-electron chi connectivity index (χ3n) is 1.27. The molecule has 13 heavy (non-hydrogen) atoms. The van der Waals surface area contributed by atoms with Crippen LogP contribution < -0.4 is 0 Å². The van der Waals surface area contributed by atoms with Gasteiger partial charge in [-0.25, -0.2) is 14.6 Å². The standard InChI is InChI=1S/C9H12NO3/c1-7(2)9(12)13-5-4-8(3)10-6-11/h8H,1,3-5H2,2H3. The molecule has 0 amide bonds. The summed E-state index contributed by atoms with van der Waals surface area (Å²) in [5.74, 6) is -0.442. The van der Waals surface area contributed by atoms with Crippen LogP contribution in [0.1, 0.15) is 13.3 Å².